The molecular formula is C11H16N4OS. The van der Waals surface area contributed by atoms with Crippen LogP contribution in [0.2, 0.25) is 0 Å². The van der Waals surface area contributed by atoms with E-state index >= 15 is 0 Å². The van der Waals surface area contributed by atoms with Gasteiger partial charge in [0, 0.05) is 18.7 Å². The molecule has 1 unspecified atom stereocenters. The zero-order chi connectivity index (χ0) is 12.4. The maximum atomic E-state index is 10.1. The summed E-state index contributed by atoms with van der Waals surface area (Å²) >= 11 is 1.51. The average Bonchev–Trinajstić information content (AvgIpc) is 2.86. The Kier molecular flexibility index (Phi) is 3.54. The molecule has 17 heavy (non-hydrogen) atoms. The van der Waals surface area contributed by atoms with Crippen LogP contribution in [0.3, 0.4) is 0 Å². The van der Waals surface area contributed by atoms with Gasteiger partial charge < -0.3 is 5.11 Å². The third kappa shape index (κ3) is 2.70. The Morgan fingerprint density at radius 3 is 2.76 bits per heavy atom. The number of hydrogen-bond donors (Lipinski definition) is 1. The number of thiazole rings is 1. The van der Waals surface area contributed by atoms with E-state index in [1.54, 1.807) is 6.20 Å². The van der Waals surface area contributed by atoms with Gasteiger partial charge in [0.05, 0.1) is 16.0 Å². The highest BCUT2D eigenvalue weighted by Crippen LogP contribution is 2.23. The van der Waals surface area contributed by atoms with Crippen molar-refractivity contribution >= 4 is 11.3 Å². The second-order valence-electron chi connectivity index (χ2n) is 4.22. The third-order valence-corrected chi connectivity index (χ3v) is 3.49. The summed E-state index contributed by atoms with van der Waals surface area (Å²) in [4.78, 5) is 9.20. The minimum absolute atomic E-state index is 0.253. The molecule has 0 amide bonds. The van der Waals surface area contributed by atoms with Gasteiger partial charge in [0.25, 0.3) is 0 Å². The van der Waals surface area contributed by atoms with Crippen molar-refractivity contribution < 1.29 is 5.11 Å². The van der Waals surface area contributed by atoms with Crippen molar-refractivity contribution in [3.63, 3.8) is 0 Å². The third-order valence-electron chi connectivity index (χ3n) is 2.48. The summed E-state index contributed by atoms with van der Waals surface area (Å²) in [6.45, 7) is 6.01. The monoisotopic (exact) mass is 252 g/mol. The summed E-state index contributed by atoms with van der Waals surface area (Å²) in [5, 5.41) is 15.2. The zero-order valence-corrected chi connectivity index (χ0v) is 11.0. The van der Waals surface area contributed by atoms with Crippen molar-refractivity contribution in [1.29, 1.82) is 0 Å². The van der Waals surface area contributed by atoms with Gasteiger partial charge in [-0.1, -0.05) is 0 Å². The van der Waals surface area contributed by atoms with Crippen molar-refractivity contribution in [3.05, 3.63) is 28.2 Å². The van der Waals surface area contributed by atoms with E-state index in [1.165, 1.54) is 17.7 Å². The topological polar surface area (TPSA) is 63.8 Å². The molecule has 2 aromatic heterocycles. The van der Waals surface area contributed by atoms with E-state index in [1.807, 2.05) is 25.5 Å². The Morgan fingerprint density at radius 1 is 1.41 bits per heavy atom. The summed E-state index contributed by atoms with van der Waals surface area (Å²) in [6, 6.07) is 0.253. The first-order chi connectivity index (χ1) is 8.08. The van der Waals surface area contributed by atoms with Crippen molar-refractivity contribution in [1.82, 2.24) is 19.7 Å². The Bertz CT molecular complexity index is 491. The van der Waals surface area contributed by atoms with Gasteiger partial charge in [-0.05, 0) is 20.8 Å². The van der Waals surface area contributed by atoms with Crippen molar-refractivity contribution in [2.45, 2.75) is 39.3 Å². The highest BCUT2D eigenvalue weighted by molar-refractivity contribution is 7.11. The largest absolute Gasteiger partial charge is 0.387 e. The lowest BCUT2D eigenvalue weighted by Gasteiger charge is -2.11. The number of hydrogen-bond acceptors (Lipinski definition) is 5. The molecule has 0 aliphatic heterocycles. The highest BCUT2D eigenvalue weighted by Gasteiger charge is 2.16. The molecule has 0 saturated heterocycles. The molecule has 0 aliphatic rings. The molecular weight excluding hydrogens is 236 g/mol. The first-order valence-corrected chi connectivity index (χ1v) is 6.38. The Morgan fingerprint density at radius 2 is 2.18 bits per heavy atom. The lowest BCUT2D eigenvalue weighted by atomic mass is 10.2. The Hall–Kier alpha value is -1.27. The quantitative estimate of drug-likeness (QED) is 0.902. The average molecular weight is 252 g/mol. The van der Waals surface area contributed by atoms with Crippen LogP contribution in [0.15, 0.2) is 12.5 Å². The first kappa shape index (κ1) is 12.2. The number of nitrogens with zero attached hydrogens (tertiary/aromatic N) is 4. The fraction of sp³-hybridized carbons (Fsp3) is 0.545. The number of aryl methyl sites for hydroxylation is 1. The van der Waals surface area contributed by atoms with E-state index in [4.69, 9.17) is 0 Å². The molecule has 0 aromatic carbocycles. The molecule has 0 aliphatic carbocycles. The van der Waals surface area contributed by atoms with E-state index < -0.39 is 6.10 Å². The molecule has 0 spiro atoms. The molecule has 2 heterocycles. The van der Waals surface area contributed by atoms with Crippen LogP contribution in [0, 0.1) is 6.92 Å². The van der Waals surface area contributed by atoms with Crippen LogP contribution in [0.4, 0.5) is 0 Å². The van der Waals surface area contributed by atoms with Gasteiger partial charge >= 0.3 is 0 Å². The molecule has 92 valence electrons. The van der Waals surface area contributed by atoms with Gasteiger partial charge in [0.1, 0.15) is 12.2 Å². The molecule has 1 N–H and O–H groups in total. The van der Waals surface area contributed by atoms with Crippen molar-refractivity contribution in [2.24, 2.45) is 0 Å². The summed E-state index contributed by atoms with van der Waals surface area (Å²) in [5.41, 5.74) is 0. The van der Waals surface area contributed by atoms with E-state index in [9.17, 15) is 5.11 Å². The molecule has 5 nitrogen and oxygen atoms in total. The van der Waals surface area contributed by atoms with Gasteiger partial charge in [-0.25, -0.2) is 14.6 Å². The summed E-state index contributed by atoms with van der Waals surface area (Å²) in [6.07, 6.45) is 3.17. The van der Waals surface area contributed by atoms with Gasteiger partial charge in [0.15, 0.2) is 0 Å². The van der Waals surface area contributed by atoms with Crippen LogP contribution >= 0.6 is 11.3 Å². The summed E-state index contributed by atoms with van der Waals surface area (Å²) in [7, 11) is 0. The van der Waals surface area contributed by atoms with Crippen molar-refractivity contribution in [2.75, 3.05) is 0 Å². The number of rotatable bonds is 4. The highest BCUT2D eigenvalue weighted by atomic mass is 32.1. The molecule has 2 aromatic rings. The standard InChI is InChI=1S/C11H16N4OS/c1-7(2)15-11(13-6-14-15)4-9(16)10-5-12-8(3)17-10/h5-7,9,16H,4H2,1-3H3. The zero-order valence-electron chi connectivity index (χ0n) is 10.2. The first-order valence-electron chi connectivity index (χ1n) is 5.56. The van der Waals surface area contributed by atoms with E-state index in [2.05, 4.69) is 15.1 Å². The Labute approximate surface area is 104 Å². The summed E-state index contributed by atoms with van der Waals surface area (Å²) < 4.78 is 1.83. The molecule has 1 atom stereocenters. The van der Waals surface area contributed by atoms with Crippen LogP contribution in [-0.2, 0) is 6.42 Å². The number of aliphatic hydroxyl groups excluding tert-OH is 1. The Balaban J connectivity index is 2.13. The molecule has 0 saturated carbocycles. The lowest BCUT2D eigenvalue weighted by Crippen LogP contribution is -2.11. The fourth-order valence-electron chi connectivity index (χ4n) is 1.66. The minimum atomic E-state index is -0.553. The van der Waals surface area contributed by atoms with Gasteiger partial charge in [-0.3, -0.25) is 0 Å². The second-order valence-corrected chi connectivity index (χ2v) is 5.48. The van der Waals surface area contributed by atoms with Gasteiger partial charge in [0.2, 0.25) is 0 Å². The molecule has 0 radical (unpaired) electrons. The van der Waals surface area contributed by atoms with Crippen LogP contribution in [0.5, 0.6) is 0 Å². The molecule has 6 heteroatoms. The smallest absolute Gasteiger partial charge is 0.138 e. The predicted octanol–water partition coefficient (Wildman–Crippen LogP) is 1.90. The van der Waals surface area contributed by atoms with E-state index in [0.29, 0.717) is 6.42 Å². The number of aromatic nitrogens is 4. The number of aliphatic hydroxyl groups is 1. The maximum absolute atomic E-state index is 10.1. The maximum Gasteiger partial charge on any atom is 0.138 e. The minimum Gasteiger partial charge on any atom is -0.387 e. The molecule has 0 bridgehead atoms. The SMILES string of the molecule is Cc1ncc(C(O)Cc2ncnn2C(C)C)s1. The summed E-state index contributed by atoms with van der Waals surface area (Å²) in [5.74, 6) is 0.804. The second kappa shape index (κ2) is 4.93. The van der Waals surface area contributed by atoms with Crippen LogP contribution in [-0.4, -0.2) is 24.9 Å². The molecule has 2 rings (SSSR count). The van der Waals surface area contributed by atoms with Gasteiger partial charge in [-0.15, -0.1) is 11.3 Å². The van der Waals surface area contributed by atoms with Crippen LogP contribution in [0.1, 0.15) is 41.7 Å². The van der Waals surface area contributed by atoms with Crippen LogP contribution in [0.25, 0.3) is 0 Å². The predicted molar refractivity (Wildman–Crippen MR) is 65.9 cm³/mol. The lowest BCUT2D eigenvalue weighted by molar-refractivity contribution is 0.177. The van der Waals surface area contributed by atoms with E-state index in [0.717, 1.165) is 15.7 Å². The van der Waals surface area contributed by atoms with Crippen LogP contribution < -0.4 is 0 Å². The fourth-order valence-corrected chi connectivity index (χ4v) is 2.43. The molecule has 0 fully saturated rings. The van der Waals surface area contributed by atoms with Gasteiger partial charge in [-0.2, -0.15) is 5.10 Å². The normalized spacial score (nSPS) is 13.2. The van der Waals surface area contributed by atoms with Crippen molar-refractivity contribution in [3.8, 4) is 0 Å². The van der Waals surface area contributed by atoms with E-state index in [-0.39, 0.29) is 6.04 Å².